The van der Waals surface area contributed by atoms with E-state index in [-0.39, 0.29) is 0 Å². The largest absolute Gasteiger partial charge is 0.305 e. The van der Waals surface area contributed by atoms with Gasteiger partial charge in [-0.25, -0.2) is 4.98 Å². The number of hydrogen-bond donors (Lipinski definition) is 1. The molecule has 1 heterocycles. The third-order valence-corrected chi connectivity index (χ3v) is 4.07. The van der Waals surface area contributed by atoms with Crippen molar-refractivity contribution < 1.29 is 0 Å². The van der Waals surface area contributed by atoms with Gasteiger partial charge in [0.15, 0.2) is 0 Å². The standard InChI is InChI=1S/C12H20N2S/c1-3-11(8-10-4-5-10)14-9(2)12-13-6-7-15-12/h6-7,9-11,14H,3-5,8H2,1-2H3. The normalized spacial score (nSPS) is 20.1. The van der Waals surface area contributed by atoms with Crippen molar-refractivity contribution >= 4 is 11.3 Å². The van der Waals surface area contributed by atoms with E-state index >= 15 is 0 Å². The molecule has 2 rings (SSSR count). The van der Waals surface area contributed by atoms with E-state index in [4.69, 9.17) is 0 Å². The molecule has 0 saturated heterocycles. The van der Waals surface area contributed by atoms with Crippen molar-refractivity contribution in [3.05, 3.63) is 16.6 Å². The molecule has 1 saturated carbocycles. The molecular formula is C12H20N2S. The van der Waals surface area contributed by atoms with E-state index in [2.05, 4.69) is 29.5 Å². The minimum absolute atomic E-state index is 0.411. The third kappa shape index (κ3) is 3.28. The van der Waals surface area contributed by atoms with Gasteiger partial charge in [-0.05, 0) is 25.7 Å². The Labute approximate surface area is 96.1 Å². The maximum Gasteiger partial charge on any atom is 0.109 e. The predicted molar refractivity (Wildman–Crippen MR) is 65.1 cm³/mol. The molecule has 0 spiro atoms. The molecule has 3 heteroatoms. The monoisotopic (exact) mass is 224 g/mol. The van der Waals surface area contributed by atoms with Crippen LogP contribution in [0.25, 0.3) is 0 Å². The summed E-state index contributed by atoms with van der Waals surface area (Å²) in [7, 11) is 0. The highest BCUT2D eigenvalue weighted by molar-refractivity contribution is 7.09. The summed E-state index contributed by atoms with van der Waals surface area (Å²) >= 11 is 1.74. The molecule has 0 radical (unpaired) electrons. The fraction of sp³-hybridized carbons (Fsp3) is 0.750. The first-order chi connectivity index (χ1) is 7.29. The number of thiazole rings is 1. The zero-order valence-electron chi connectivity index (χ0n) is 9.57. The van der Waals surface area contributed by atoms with Gasteiger partial charge < -0.3 is 5.32 Å². The van der Waals surface area contributed by atoms with Crippen molar-refractivity contribution in [1.82, 2.24) is 10.3 Å². The van der Waals surface area contributed by atoms with Crippen LogP contribution >= 0.6 is 11.3 Å². The van der Waals surface area contributed by atoms with Crippen molar-refractivity contribution in [3.63, 3.8) is 0 Å². The lowest BCUT2D eigenvalue weighted by atomic mass is 10.1. The first-order valence-electron chi connectivity index (χ1n) is 5.95. The van der Waals surface area contributed by atoms with Gasteiger partial charge in [-0.2, -0.15) is 0 Å². The van der Waals surface area contributed by atoms with Crippen LogP contribution < -0.4 is 5.32 Å². The summed E-state index contributed by atoms with van der Waals surface area (Å²) in [6.07, 6.45) is 7.37. The minimum atomic E-state index is 0.411. The third-order valence-electron chi connectivity index (χ3n) is 3.12. The van der Waals surface area contributed by atoms with E-state index < -0.39 is 0 Å². The Hall–Kier alpha value is -0.410. The molecule has 15 heavy (non-hydrogen) atoms. The summed E-state index contributed by atoms with van der Waals surface area (Å²) in [6.45, 7) is 4.49. The summed E-state index contributed by atoms with van der Waals surface area (Å²) < 4.78 is 0. The van der Waals surface area contributed by atoms with Gasteiger partial charge in [0.2, 0.25) is 0 Å². The quantitative estimate of drug-likeness (QED) is 0.801. The number of aromatic nitrogens is 1. The van der Waals surface area contributed by atoms with Crippen molar-refractivity contribution in [2.45, 2.75) is 51.6 Å². The molecule has 84 valence electrons. The van der Waals surface area contributed by atoms with Crippen molar-refractivity contribution in [2.24, 2.45) is 5.92 Å². The maximum atomic E-state index is 4.35. The van der Waals surface area contributed by atoms with Crippen LogP contribution in [0.15, 0.2) is 11.6 Å². The van der Waals surface area contributed by atoms with Crippen LogP contribution in [0.4, 0.5) is 0 Å². The van der Waals surface area contributed by atoms with Crippen LogP contribution in [-0.2, 0) is 0 Å². The van der Waals surface area contributed by atoms with Crippen LogP contribution in [0.2, 0.25) is 0 Å². The van der Waals surface area contributed by atoms with Gasteiger partial charge in [0.05, 0.1) is 6.04 Å². The number of nitrogens with zero attached hydrogens (tertiary/aromatic N) is 1. The van der Waals surface area contributed by atoms with E-state index in [0.29, 0.717) is 12.1 Å². The van der Waals surface area contributed by atoms with Gasteiger partial charge >= 0.3 is 0 Å². The fourth-order valence-electron chi connectivity index (χ4n) is 1.98. The minimum Gasteiger partial charge on any atom is -0.305 e. The lowest BCUT2D eigenvalue weighted by Crippen LogP contribution is -2.31. The Morgan fingerprint density at radius 1 is 1.60 bits per heavy atom. The van der Waals surface area contributed by atoms with E-state index in [1.807, 2.05) is 6.20 Å². The molecule has 0 amide bonds. The number of rotatable bonds is 6. The lowest BCUT2D eigenvalue weighted by molar-refractivity contribution is 0.403. The van der Waals surface area contributed by atoms with Crippen LogP contribution in [0.1, 0.15) is 50.6 Å². The smallest absolute Gasteiger partial charge is 0.109 e. The predicted octanol–water partition coefficient (Wildman–Crippen LogP) is 3.37. The van der Waals surface area contributed by atoms with Gasteiger partial charge in [-0.15, -0.1) is 11.3 Å². The lowest BCUT2D eigenvalue weighted by Gasteiger charge is -2.20. The molecule has 1 aromatic heterocycles. The fourth-order valence-corrected chi connectivity index (χ4v) is 2.64. The molecule has 1 fully saturated rings. The highest BCUT2D eigenvalue weighted by atomic mass is 32.1. The molecule has 0 aliphatic heterocycles. The molecule has 2 unspecified atom stereocenters. The Kier molecular flexibility index (Phi) is 3.76. The topological polar surface area (TPSA) is 24.9 Å². The van der Waals surface area contributed by atoms with Crippen LogP contribution in [0.3, 0.4) is 0 Å². The van der Waals surface area contributed by atoms with Crippen LogP contribution in [0.5, 0.6) is 0 Å². The van der Waals surface area contributed by atoms with E-state index in [0.717, 1.165) is 5.92 Å². The second-order valence-electron chi connectivity index (χ2n) is 4.54. The Morgan fingerprint density at radius 3 is 2.93 bits per heavy atom. The van der Waals surface area contributed by atoms with Crippen LogP contribution in [0, 0.1) is 5.92 Å². The molecule has 1 N–H and O–H groups in total. The van der Waals surface area contributed by atoms with Crippen molar-refractivity contribution in [2.75, 3.05) is 0 Å². The first-order valence-corrected chi connectivity index (χ1v) is 6.83. The van der Waals surface area contributed by atoms with E-state index in [9.17, 15) is 0 Å². The Bertz CT molecular complexity index is 280. The molecule has 1 aliphatic carbocycles. The molecule has 1 aliphatic rings. The van der Waals surface area contributed by atoms with Gasteiger partial charge in [-0.3, -0.25) is 0 Å². The number of hydrogen-bond acceptors (Lipinski definition) is 3. The average Bonchev–Trinajstić information content (AvgIpc) is 2.88. The molecule has 2 nitrogen and oxygen atoms in total. The molecule has 0 bridgehead atoms. The summed E-state index contributed by atoms with van der Waals surface area (Å²) in [5.74, 6) is 1.01. The van der Waals surface area contributed by atoms with Crippen LogP contribution in [-0.4, -0.2) is 11.0 Å². The number of nitrogens with one attached hydrogen (secondary N) is 1. The summed E-state index contributed by atoms with van der Waals surface area (Å²) in [6, 6.07) is 1.09. The van der Waals surface area contributed by atoms with E-state index in [1.165, 1.54) is 30.7 Å². The van der Waals surface area contributed by atoms with Crippen molar-refractivity contribution in [3.8, 4) is 0 Å². The highest BCUT2D eigenvalue weighted by Crippen LogP contribution is 2.34. The van der Waals surface area contributed by atoms with E-state index in [1.54, 1.807) is 11.3 Å². The van der Waals surface area contributed by atoms with Crippen molar-refractivity contribution in [1.29, 1.82) is 0 Å². The van der Waals surface area contributed by atoms with Gasteiger partial charge in [0.25, 0.3) is 0 Å². The van der Waals surface area contributed by atoms with Gasteiger partial charge in [-0.1, -0.05) is 19.8 Å². The summed E-state index contributed by atoms with van der Waals surface area (Å²) in [5.41, 5.74) is 0. The second-order valence-corrected chi connectivity index (χ2v) is 5.47. The molecule has 0 aromatic carbocycles. The average molecular weight is 224 g/mol. The SMILES string of the molecule is CCC(CC1CC1)NC(C)c1nccs1. The summed E-state index contributed by atoms with van der Waals surface area (Å²) in [4.78, 5) is 4.35. The summed E-state index contributed by atoms with van der Waals surface area (Å²) in [5, 5.41) is 6.95. The zero-order chi connectivity index (χ0) is 10.7. The van der Waals surface area contributed by atoms with Gasteiger partial charge in [0, 0.05) is 17.6 Å². The Morgan fingerprint density at radius 2 is 2.40 bits per heavy atom. The molecular weight excluding hydrogens is 204 g/mol. The molecule has 2 atom stereocenters. The second kappa shape index (κ2) is 5.08. The highest BCUT2D eigenvalue weighted by Gasteiger charge is 2.25. The maximum absolute atomic E-state index is 4.35. The zero-order valence-corrected chi connectivity index (χ0v) is 10.4. The van der Waals surface area contributed by atoms with Gasteiger partial charge in [0.1, 0.15) is 5.01 Å². The Balaban J connectivity index is 1.82. The molecule has 1 aromatic rings. The first kappa shape index (κ1) is 11.1.